The Hall–Kier alpha value is -1.97. The number of carbonyl (C=O) groups is 1. The van der Waals surface area contributed by atoms with Crippen LogP contribution in [0.4, 0.5) is 0 Å². The lowest BCUT2D eigenvalue weighted by Crippen LogP contribution is -2.00. The van der Waals surface area contributed by atoms with E-state index in [1.807, 2.05) is 25.1 Å². The van der Waals surface area contributed by atoms with Crippen molar-refractivity contribution < 1.29 is 14.6 Å². The molecule has 0 fully saturated rings. The highest BCUT2D eigenvalue weighted by Crippen LogP contribution is 2.29. The summed E-state index contributed by atoms with van der Waals surface area (Å²) < 4.78 is 5.20. The highest BCUT2D eigenvalue weighted by molar-refractivity contribution is 5.99. The Bertz CT molecular complexity index is 542. The number of aromatic amines is 1. The molecule has 0 amide bonds. The minimum atomic E-state index is -0.935. The molecule has 4 heteroatoms. The summed E-state index contributed by atoms with van der Waals surface area (Å²) in [6.45, 7) is 1.94. The number of aryl methyl sites for hydroxylation is 1. The Balaban J connectivity index is 2.80. The van der Waals surface area contributed by atoms with E-state index in [9.17, 15) is 4.79 Å². The lowest BCUT2D eigenvalue weighted by molar-refractivity contribution is 0.0690. The molecule has 16 heavy (non-hydrogen) atoms. The van der Waals surface area contributed by atoms with Crippen LogP contribution in [0.2, 0.25) is 0 Å². The van der Waals surface area contributed by atoms with Gasteiger partial charge in [-0.2, -0.15) is 0 Å². The molecular weight excluding hydrogens is 206 g/mol. The molecule has 0 spiro atoms. The number of aromatic carboxylic acids is 1. The Morgan fingerprint density at radius 1 is 1.50 bits per heavy atom. The van der Waals surface area contributed by atoms with Gasteiger partial charge >= 0.3 is 5.97 Å². The number of para-hydroxylation sites is 1. The second-order valence-electron chi connectivity index (χ2n) is 3.52. The number of fused-ring (bicyclic) bond motifs is 1. The number of hydrogen-bond acceptors (Lipinski definition) is 2. The largest absolute Gasteiger partial charge is 0.495 e. The Morgan fingerprint density at radius 2 is 2.25 bits per heavy atom. The summed E-state index contributed by atoms with van der Waals surface area (Å²) >= 11 is 0. The number of nitrogens with one attached hydrogen (secondary N) is 1. The van der Waals surface area contributed by atoms with E-state index in [1.165, 1.54) is 0 Å². The summed E-state index contributed by atoms with van der Waals surface area (Å²) in [7, 11) is 1.57. The summed E-state index contributed by atoms with van der Waals surface area (Å²) in [5.41, 5.74) is 1.82. The summed E-state index contributed by atoms with van der Waals surface area (Å²) in [5.74, 6) is -0.269. The Kier molecular flexibility index (Phi) is 2.56. The minimum Gasteiger partial charge on any atom is -0.495 e. The number of rotatable bonds is 3. The molecular formula is C12H13NO3. The molecule has 0 saturated heterocycles. The van der Waals surface area contributed by atoms with E-state index in [-0.39, 0.29) is 5.69 Å². The molecule has 0 radical (unpaired) electrons. The van der Waals surface area contributed by atoms with Crippen molar-refractivity contribution in [3.8, 4) is 5.75 Å². The third-order valence-electron chi connectivity index (χ3n) is 2.69. The van der Waals surface area contributed by atoms with Crippen LogP contribution in [0.15, 0.2) is 18.2 Å². The average molecular weight is 219 g/mol. The van der Waals surface area contributed by atoms with Crippen molar-refractivity contribution in [1.82, 2.24) is 4.98 Å². The van der Waals surface area contributed by atoms with Gasteiger partial charge in [-0.05, 0) is 18.1 Å². The number of benzene rings is 1. The molecule has 0 aliphatic heterocycles. The second-order valence-corrected chi connectivity index (χ2v) is 3.52. The van der Waals surface area contributed by atoms with Gasteiger partial charge in [-0.3, -0.25) is 0 Å². The van der Waals surface area contributed by atoms with Crippen LogP contribution in [-0.4, -0.2) is 23.2 Å². The van der Waals surface area contributed by atoms with Gasteiger partial charge in [-0.1, -0.05) is 19.1 Å². The van der Waals surface area contributed by atoms with E-state index in [4.69, 9.17) is 9.84 Å². The van der Waals surface area contributed by atoms with Crippen molar-refractivity contribution in [2.24, 2.45) is 0 Å². The average Bonchev–Trinajstić information content (AvgIpc) is 2.67. The summed E-state index contributed by atoms with van der Waals surface area (Å²) in [6.07, 6.45) is 0.675. The SMILES string of the molecule is CCc1c(C(=O)O)[nH]c2c(OC)cccc12. The van der Waals surface area contributed by atoms with Gasteiger partial charge < -0.3 is 14.8 Å². The van der Waals surface area contributed by atoms with E-state index >= 15 is 0 Å². The first-order valence-electron chi connectivity index (χ1n) is 5.09. The van der Waals surface area contributed by atoms with E-state index in [2.05, 4.69) is 4.98 Å². The number of H-pyrrole nitrogens is 1. The lowest BCUT2D eigenvalue weighted by atomic mass is 10.1. The van der Waals surface area contributed by atoms with Crippen LogP contribution in [0.1, 0.15) is 23.0 Å². The van der Waals surface area contributed by atoms with Crippen LogP contribution in [-0.2, 0) is 6.42 Å². The maximum Gasteiger partial charge on any atom is 0.352 e. The van der Waals surface area contributed by atoms with Crippen molar-refractivity contribution in [1.29, 1.82) is 0 Å². The zero-order valence-electron chi connectivity index (χ0n) is 9.20. The van der Waals surface area contributed by atoms with Crippen LogP contribution in [0, 0.1) is 0 Å². The van der Waals surface area contributed by atoms with Crippen molar-refractivity contribution in [2.45, 2.75) is 13.3 Å². The lowest BCUT2D eigenvalue weighted by Gasteiger charge is -2.00. The third-order valence-corrected chi connectivity index (χ3v) is 2.69. The van der Waals surface area contributed by atoms with Crippen molar-refractivity contribution >= 4 is 16.9 Å². The fourth-order valence-corrected chi connectivity index (χ4v) is 1.97. The van der Waals surface area contributed by atoms with Gasteiger partial charge in [0, 0.05) is 5.39 Å². The fraction of sp³-hybridized carbons (Fsp3) is 0.250. The maximum absolute atomic E-state index is 11.1. The number of carboxylic acids is 1. The van der Waals surface area contributed by atoms with E-state index in [0.717, 1.165) is 16.5 Å². The normalized spacial score (nSPS) is 10.6. The molecule has 1 aromatic carbocycles. The van der Waals surface area contributed by atoms with E-state index in [1.54, 1.807) is 7.11 Å². The third kappa shape index (κ3) is 1.43. The van der Waals surface area contributed by atoms with Crippen molar-refractivity contribution in [3.63, 3.8) is 0 Å². The van der Waals surface area contributed by atoms with Crippen LogP contribution in [0.5, 0.6) is 5.75 Å². The van der Waals surface area contributed by atoms with Crippen LogP contribution >= 0.6 is 0 Å². The highest BCUT2D eigenvalue weighted by Gasteiger charge is 2.17. The molecule has 2 N–H and O–H groups in total. The number of methoxy groups -OCH3 is 1. The van der Waals surface area contributed by atoms with Gasteiger partial charge in [0.15, 0.2) is 0 Å². The predicted octanol–water partition coefficient (Wildman–Crippen LogP) is 2.44. The summed E-state index contributed by atoms with van der Waals surface area (Å²) in [6, 6.07) is 5.57. The molecule has 0 saturated carbocycles. The minimum absolute atomic E-state index is 0.252. The number of ether oxygens (including phenoxy) is 1. The molecule has 2 aromatic rings. The summed E-state index contributed by atoms with van der Waals surface area (Å²) in [5, 5.41) is 10.0. The van der Waals surface area contributed by atoms with Gasteiger partial charge in [-0.25, -0.2) is 4.79 Å². The number of hydrogen-bond donors (Lipinski definition) is 2. The van der Waals surface area contributed by atoms with E-state index in [0.29, 0.717) is 12.2 Å². The molecule has 2 rings (SSSR count). The number of aromatic nitrogens is 1. The first-order chi connectivity index (χ1) is 7.69. The zero-order valence-corrected chi connectivity index (χ0v) is 9.20. The van der Waals surface area contributed by atoms with Gasteiger partial charge in [0.1, 0.15) is 11.4 Å². The predicted molar refractivity (Wildman–Crippen MR) is 61.2 cm³/mol. The molecule has 84 valence electrons. The molecule has 1 heterocycles. The van der Waals surface area contributed by atoms with Crippen LogP contribution < -0.4 is 4.74 Å². The van der Waals surface area contributed by atoms with Gasteiger partial charge in [0.05, 0.1) is 12.6 Å². The molecule has 0 bridgehead atoms. The highest BCUT2D eigenvalue weighted by atomic mass is 16.5. The Labute approximate surface area is 92.9 Å². The first-order valence-corrected chi connectivity index (χ1v) is 5.09. The standard InChI is InChI=1S/C12H13NO3/c1-3-7-8-5-4-6-9(16-2)10(8)13-11(7)12(14)15/h4-6,13H,3H2,1-2H3,(H,14,15). The van der Waals surface area contributed by atoms with Crippen LogP contribution in [0.25, 0.3) is 10.9 Å². The topological polar surface area (TPSA) is 62.3 Å². The van der Waals surface area contributed by atoms with Crippen molar-refractivity contribution in [2.75, 3.05) is 7.11 Å². The summed E-state index contributed by atoms with van der Waals surface area (Å²) in [4.78, 5) is 14.0. The quantitative estimate of drug-likeness (QED) is 0.833. The van der Waals surface area contributed by atoms with Crippen LogP contribution in [0.3, 0.4) is 0 Å². The smallest absolute Gasteiger partial charge is 0.352 e. The molecule has 1 aromatic heterocycles. The molecule has 0 aliphatic rings. The maximum atomic E-state index is 11.1. The van der Waals surface area contributed by atoms with Gasteiger partial charge in [0.25, 0.3) is 0 Å². The second kappa shape index (κ2) is 3.89. The monoisotopic (exact) mass is 219 g/mol. The first kappa shape index (κ1) is 10.5. The van der Waals surface area contributed by atoms with Gasteiger partial charge in [0.2, 0.25) is 0 Å². The molecule has 0 atom stereocenters. The Morgan fingerprint density at radius 3 is 2.81 bits per heavy atom. The zero-order chi connectivity index (χ0) is 11.7. The fourth-order valence-electron chi connectivity index (χ4n) is 1.97. The van der Waals surface area contributed by atoms with Gasteiger partial charge in [-0.15, -0.1) is 0 Å². The molecule has 0 unspecified atom stereocenters. The van der Waals surface area contributed by atoms with E-state index < -0.39 is 5.97 Å². The van der Waals surface area contributed by atoms with Crippen molar-refractivity contribution in [3.05, 3.63) is 29.5 Å². The number of carboxylic acid groups (broad SMARTS) is 1. The molecule has 0 aliphatic carbocycles. The molecule has 4 nitrogen and oxygen atoms in total.